The van der Waals surface area contributed by atoms with Gasteiger partial charge in [0.2, 0.25) is 0 Å². The van der Waals surface area contributed by atoms with Gasteiger partial charge in [-0.2, -0.15) is 0 Å². The molecule has 0 fully saturated rings. The molecule has 0 aliphatic heterocycles. The molecular weight excluding hydrogens is 428 g/mol. The largest absolute Gasteiger partial charge is 0.465 e. The highest BCUT2D eigenvalue weighted by molar-refractivity contribution is 6.03. The Morgan fingerprint density at radius 2 is 1.00 bits per heavy atom. The zero-order chi connectivity index (χ0) is 24.4. The standard InChI is InChI=1S/C25H32O8/c1-6-30-20(26)24(21(27)31-7-2)11-16-10-15(5)17-12-25(22(28)32-8-3,23(29)33-9-4)14-19(17)18(16)13-24/h10H,6-9,11-14H2,1-5H3. The van der Waals surface area contributed by atoms with Gasteiger partial charge < -0.3 is 18.9 Å². The summed E-state index contributed by atoms with van der Waals surface area (Å²) in [4.78, 5) is 52.0. The van der Waals surface area contributed by atoms with Gasteiger partial charge in [-0.05, 0) is 68.9 Å². The molecule has 0 saturated heterocycles. The van der Waals surface area contributed by atoms with E-state index < -0.39 is 34.7 Å². The van der Waals surface area contributed by atoms with Crippen molar-refractivity contribution in [2.45, 2.75) is 60.3 Å². The fourth-order valence-electron chi connectivity index (χ4n) is 5.06. The average Bonchev–Trinajstić information content (AvgIpc) is 3.36. The summed E-state index contributed by atoms with van der Waals surface area (Å²) < 4.78 is 21.1. The van der Waals surface area contributed by atoms with Gasteiger partial charge in [-0.3, -0.25) is 19.2 Å². The Labute approximate surface area is 193 Å². The molecule has 0 N–H and O–H groups in total. The lowest BCUT2D eigenvalue weighted by molar-refractivity contribution is -0.173. The summed E-state index contributed by atoms with van der Waals surface area (Å²) in [6.45, 7) is 9.22. The van der Waals surface area contributed by atoms with Crippen LogP contribution in [-0.4, -0.2) is 50.3 Å². The molecule has 1 aromatic rings. The summed E-state index contributed by atoms with van der Waals surface area (Å²) in [5.41, 5.74) is 1.23. The van der Waals surface area contributed by atoms with Gasteiger partial charge in [0.1, 0.15) is 0 Å². The first-order chi connectivity index (χ1) is 15.7. The van der Waals surface area contributed by atoms with Crippen molar-refractivity contribution in [3.8, 4) is 0 Å². The fourth-order valence-corrected chi connectivity index (χ4v) is 5.06. The quantitative estimate of drug-likeness (QED) is 0.331. The Morgan fingerprint density at radius 1 is 0.636 bits per heavy atom. The number of fused-ring (bicyclic) bond motifs is 3. The number of aryl methyl sites for hydroxylation is 1. The van der Waals surface area contributed by atoms with Gasteiger partial charge in [0.25, 0.3) is 0 Å². The first-order valence-electron chi connectivity index (χ1n) is 11.5. The van der Waals surface area contributed by atoms with Crippen LogP contribution < -0.4 is 0 Å². The number of benzene rings is 1. The van der Waals surface area contributed by atoms with E-state index in [2.05, 4.69) is 0 Å². The predicted octanol–water partition coefficient (Wildman–Crippen LogP) is 2.42. The summed E-state index contributed by atoms with van der Waals surface area (Å²) in [6, 6.07) is 1.93. The molecule has 0 unspecified atom stereocenters. The molecule has 180 valence electrons. The molecule has 3 rings (SSSR count). The molecule has 0 atom stereocenters. The third kappa shape index (κ3) is 4.00. The highest BCUT2D eigenvalue weighted by atomic mass is 16.6. The number of hydrogen-bond acceptors (Lipinski definition) is 8. The first kappa shape index (κ1) is 24.7. The summed E-state index contributed by atoms with van der Waals surface area (Å²) in [5.74, 6) is -2.47. The lowest BCUT2D eigenvalue weighted by Gasteiger charge is -2.25. The van der Waals surface area contributed by atoms with Crippen LogP contribution in [-0.2, 0) is 63.8 Å². The molecule has 8 nitrogen and oxygen atoms in total. The molecule has 0 saturated carbocycles. The van der Waals surface area contributed by atoms with Crippen molar-refractivity contribution in [2.24, 2.45) is 10.8 Å². The zero-order valence-corrected chi connectivity index (χ0v) is 20.0. The van der Waals surface area contributed by atoms with Crippen molar-refractivity contribution in [1.82, 2.24) is 0 Å². The van der Waals surface area contributed by atoms with E-state index in [-0.39, 0.29) is 52.1 Å². The Balaban J connectivity index is 2.10. The van der Waals surface area contributed by atoms with Crippen LogP contribution in [0.1, 0.15) is 55.5 Å². The van der Waals surface area contributed by atoms with Crippen molar-refractivity contribution in [2.75, 3.05) is 26.4 Å². The minimum atomic E-state index is -1.48. The van der Waals surface area contributed by atoms with E-state index in [1.807, 2.05) is 13.0 Å². The van der Waals surface area contributed by atoms with E-state index in [4.69, 9.17) is 18.9 Å². The Morgan fingerprint density at radius 3 is 1.42 bits per heavy atom. The van der Waals surface area contributed by atoms with E-state index in [0.717, 1.165) is 27.8 Å². The molecule has 0 spiro atoms. The fraction of sp³-hybridized carbons (Fsp3) is 0.600. The summed E-state index contributed by atoms with van der Waals surface area (Å²) >= 11 is 0. The molecular formula is C25H32O8. The van der Waals surface area contributed by atoms with Crippen LogP contribution in [0.5, 0.6) is 0 Å². The van der Waals surface area contributed by atoms with Crippen LogP contribution in [0, 0.1) is 17.8 Å². The van der Waals surface area contributed by atoms with Crippen molar-refractivity contribution < 1.29 is 38.1 Å². The molecule has 0 radical (unpaired) electrons. The number of carbonyl (C=O) groups excluding carboxylic acids is 4. The molecule has 0 aromatic heterocycles. The van der Waals surface area contributed by atoms with Crippen molar-refractivity contribution >= 4 is 23.9 Å². The van der Waals surface area contributed by atoms with Gasteiger partial charge in [-0.1, -0.05) is 6.07 Å². The molecule has 2 aliphatic rings. The highest BCUT2D eigenvalue weighted by Crippen LogP contribution is 2.49. The van der Waals surface area contributed by atoms with E-state index in [1.165, 1.54) is 0 Å². The van der Waals surface area contributed by atoms with Crippen LogP contribution in [0.2, 0.25) is 0 Å². The molecule has 0 heterocycles. The summed E-state index contributed by atoms with van der Waals surface area (Å²) in [7, 11) is 0. The van der Waals surface area contributed by atoms with Gasteiger partial charge in [0.15, 0.2) is 10.8 Å². The molecule has 0 amide bonds. The zero-order valence-electron chi connectivity index (χ0n) is 20.0. The third-order valence-electron chi connectivity index (χ3n) is 6.58. The summed E-state index contributed by atoms with van der Waals surface area (Å²) in [5, 5.41) is 0. The minimum absolute atomic E-state index is 0.102. The smallest absolute Gasteiger partial charge is 0.324 e. The maximum absolute atomic E-state index is 13.0. The van der Waals surface area contributed by atoms with Gasteiger partial charge in [0, 0.05) is 19.3 Å². The normalized spacial score (nSPS) is 17.0. The van der Waals surface area contributed by atoms with Crippen LogP contribution in [0.3, 0.4) is 0 Å². The topological polar surface area (TPSA) is 105 Å². The van der Waals surface area contributed by atoms with Crippen LogP contribution in [0.25, 0.3) is 0 Å². The van der Waals surface area contributed by atoms with E-state index in [1.54, 1.807) is 27.7 Å². The maximum atomic E-state index is 13.0. The van der Waals surface area contributed by atoms with Crippen LogP contribution in [0.15, 0.2) is 6.07 Å². The lowest BCUT2D eigenvalue weighted by atomic mass is 9.83. The second-order valence-corrected chi connectivity index (χ2v) is 8.54. The second-order valence-electron chi connectivity index (χ2n) is 8.54. The van der Waals surface area contributed by atoms with E-state index in [0.29, 0.717) is 0 Å². The number of carbonyl (C=O) groups is 4. The van der Waals surface area contributed by atoms with Gasteiger partial charge in [-0.25, -0.2) is 0 Å². The Bertz CT molecular complexity index is 941. The lowest BCUT2D eigenvalue weighted by Crippen LogP contribution is -2.43. The van der Waals surface area contributed by atoms with Crippen LogP contribution >= 0.6 is 0 Å². The first-order valence-corrected chi connectivity index (χ1v) is 11.5. The monoisotopic (exact) mass is 460 g/mol. The molecule has 8 heteroatoms. The SMILES string of the molecule is CCOC(=O)C1(C(=O)OCC)Cc2cc(C)c3c(c2C1)CC(C(=O)OCC)(C(=O)OCC)C3. The molecule has 0 bridgehead atoms. The number of ether oxygens (including phenoxy) is 4. The molecule has 1 aromatic carbocycles. The van der Waals surface area contributed by atoms with Gasteiger partial charge in [0.05, 0.1) is 26.4 Å². The predicted molar refractivity (Wildman–Crippen MR) is 117 cm³/mol. The van der Waals surface area contributed by atoms with Crippen molar-refractivity contribution in [1.29, 1.82) is 0 Å². The Hall–Kier alpha value is -2.90. The van der Waals surface area contributed by atoms with E-state index in [9.17, 15) is 19.2 Å². The molecule has 2 aliphatic carbocycles. The Kier molecular flexibility index (Phi) is 7.14. The van der Waals surface area contributed by atoms with E-state index >= 15 is 0 Å². The summed E-state index contributed by atoms with van der Waals surface area (Å²) in [6.07, 6.45) is 0.515. The van der Waals surface area contributed by atoms with Crippen molar-refractivity contribution in [3.63, 3.8) is 0 Å². The highest BCUT2D eigenvalue weighted by Gasteiger charge is 2.58. The minimum Gasteiger partial charge on any atom is -0.465 e. The second kappa shape index (κ2) is 9.53. The maximum Gasteiger partial charge on any atom is 0.324 e. The van der Waals surface area contributed by atoms with Gasteiger partial charge >= 0.3 is 23.9 Å². The van der Waals surface area contributed by atoms with Gasteiger partial charge in [-0.15, -0.1) is 0 Å². The number of hydrogen-bond donors (Lipinski definition) is 0. The van der Waals surface area contributed by atoms with Crippen LogP contribution in [0.4, 0.5) is 0 Å². The molecule has 33 heavy (non-hydrogen) atoms. The average molecular weight is 461 g/mol. The number of rotatable bonds is 8. The number of esters is 4. The van der Waals surface area contributed by atoms with Crippen molar-refractivity contribution in [3.05, 3.63) is 33.9 Å². The third-order valence-corrected chi connectivity index (χ3v) is 6.58.